The Kier molecular flexibility index (Phi) is 3.43. The van der Waals surface area contributed by atoms with Gasteiger partial charge in [0.2, 0.25) is 0 Å². The number of rotatable bonds is 3. The maximum Gasteiger partial charge on any atom is 0.145 e. The Bertz CT molecular complexity index is 565. The number of aromatic nitrogens is 2. The van der Waals surface area contributed by atoms with E-state index in [9.17, 15) is 0 Å². The fourth-order valence-electron chi connectivity index (χ4n) is 1.71. The Hall–Kier alpha value is -2.14. The van der Waals surface area contributed by atoms with Gasteiger partial charge in [-0.3, -0.25) is 0 Å². The van der Waals surface area contributed by atoms with Crippen molar-refractivity contribution in [1.29, 1.82) is 0 Å². The van der Waals surface area contributed by atoms with Crippen LogP contribution in [-0.2, 0) is 0 Å². The molecule has 2 rings (SSSR count). The zero-order valence-electron chi connectivity index (χ0n) is 10.8. The van der Waals surface area contributed by atoms with Gasteiger partial charge in [-0.25, -0.2) is 15.8 Å². The standard InChI is InChI=1S/C13H17N5/c1-8-4-5-9(2)11(6-8)17-12-7-13(18-14)16-10(3)15-12/h4-7H,14H2,1-3H3,(H2,15,16,17,18). The normalized spacial score (nSPS) is 10.2. The van der Waals surface area contributed by atoms with Crippen molar-refractivity contribution in [1.82, 2.24) is 9.97 Å². The molecule has 0 fully saturated rings. The maximum atomic E-state index is 5.37. The molecule has 2 aromatic rings. The van der Waals surface area contributed by atoms with Crippen molar-refractivity contribution in [2.75, 3.05) is 10.7 Å². The summed E-state index contributed by atoms with van der Waals surface area (Å²) in [6.45, 7) is 5.94. The molecule has 0 saturated heterocycles. The fraction of sp³-hybridized carbons (Fsp3) is 0.231. The molecule has 0 spiro atoms. The first kappa shape index (κ1) is 12.3. The van der Waals surface area contributed by atoms with Crippen LogP contribution >= 0.6 is 0 Å². The summed E-state index contributed by atoms with van der Waals surface area (Å²) in [6.07, 6.45) is 0. The lowest BCUT2D eigenvalue weighted by molar-refractivity contribution is 1.05. The Morgan fingerprint density at radius 1 is 1.00 bits per heavy atom. The van der Waals surface area contributed by atoms with Gasteiger partial charge in [-0.05, 0) is 38.0 Å². The first-order chi connectivity index (χ1) is 8.58. The minimum Gasteiger partial charge on any atom is -0.340 e. The van der Waals surface area contributed by atoms with E-state index >= 15 is 0 Å². The number of nitrogens with zero attached hydrogens (tertiary/aromatic N) is 2. The number of nitrogens with one attached hydrogen (secondary N) is 2. The quantitative estimate of drug-likeness (QED) is 0.570. The average Bonchev–Trinajstić information content (AvgIpc) is 2.33. The van der Waals surface area contributed by atoms with E-state index in [1.54, 1.807) is 6.07 Å². The number of aryl methyl sites for hydroxylation is 3. The second kappa shape index (κ2) is 5.01. The molecule has 0 atom stereocenters. The molecule has 0 radical (unpaired) electrons. The largest absolute Gasteiger partial charge is 0.340 e. The third-order valence-corrected chi connectivity index (χ3v) is 2.64. The lowest BCUT2D eigenvalue weighted by Crippen LogP contribution is -2.10. The summed E-state index contributed by atoms with van der Waals surface area (Å²) in [7, 11) is 0. The smallest absolute Gasteiger partial charge is 0.145 e. The molecule has 0 aliphatic rings. The molecule has 0 aliphatic carbocycles. The minimum atomic E-state index is 0.593. The predicted molar refractivity (Wildman–Crippen MR) is 73.8 cm³/mol. The van der Waals surface area contributed by atoms with E-state index in [1.165, 1.54) is 11.1 Å². The molecule has 4 N–H and O–H groups in total. The van der Waals surface area contributed by atoms with Crippen molar-refractivity contribution in [3.8, 4) is 0 Å². The first-order valence-electron chi connectivity index (χ1n) is 5.75. The van der Waals surface area contributed by atoms with Crippen LogP contribution in [0.25, 0.3) is 0 Å². The minimum absolute atomic E-state index is 0.593. The van der Waals surface area contributed by atoms with Gasteiger partial charge in [0, 0.05) is 11.8 Å². The van der Waals surface area contributed by atoms with E-state index in [4.69, 9.17) is 5.84 Å². The zero-order valence-corrected chi connectivity index (χ0v) is 10.8. The van der Waals surface area contributed by atoms with Crippen molar-refractivity contribution in [3.63, 3.8) is 0 Å². The van der Waals surface area contributed by atoms with Gasteiger partial charge in [-0.1, -0.05) is 12.1 Å². The van der Waals surface area contributed by atoms with Crippen LogP contribution in [0.1, 0.15) is 17.0 Å². The van der Waals surface area contributed by atoms with Gasteiger partial charge in [0.1, 0.15) is 17.5 Å². The summed E-state index contributed by atoms with van der Waals surface area (Å²) in [4.78, 5) is 8.48. The second-order valence-corrected chi connectivity index (χ2v) is 4.27. The molecular formula is C13H17N5. The number of nitrogens with two attached hydrogens (primary N) is 1. The molecule has 0 saturated carbocycles. The highest BCUT2D eigenvalue weighted by atomic mass is 15.3. The number of benzene rings is 1. The molecule has 1 aromatic heterocycles. The summed E-state index contributed by atoms with van der Waals surface area (Å²) in [5, 5.41) is 3.28. The van der Waals surface area contributed by atoms with Gasteiger partial charge < -0.3 is 10.7 Å². The predicted octanol–water partition coefficient (Wildman–Crippen LogP) is 2.43. The molecule has 18 heavy (non-hydrogen) atoms. The van der Waals surface area contributed by atoms with Gasteiger partial charge in [-0.2, -0.15) is 0 Å². The van der Waals surface area contributed by atoms with Gasteiger partial charge in [0.15, 0.2) is 0 Å². The molecule has 5 heteroatoms. The van der Waals surface area contributed by atoms with Crippen LogP contribution in [-0.4, -0.2) is 9.97 Å². The summed E-state index contributed by atoms with van der Waals surface area (Å²) < 4.78 is 0. The van der Waals surface area contributed by atoms with E-state index in [1.807, 2.05) is 6.92 Å². The summed E-state index contributed by atoms with van der Waals surface area (Å²) in [5.74, 6) is 7.35. The van der Waals surface area contributed by atoms with Crippen LogP contribution < -0.4 is 16.6 Å². The molecule has 5 nitrogen and oxygen atoms in total. The van der Waals surface area contributed by atoms with Gasteiger partial charge in [0.05, 0.1) is 0 Å². The maximum absolute atomic E-state index is 5.37. The van der Waals surface area contributed by atoms with Gasteiger partial charge in [0.25, 0.3) is 0 Å². The Morgan fingerprint density at radius 2 is 1.72 bits per heavy atom. The van der Waals surface area contributed by atoms with E-state index in [0.717, 1.165) is 11.5 Å². The Morgan fingerprint density at radius 3 is 2.44 bits per heavy atom. The number of hydrogen-bond donors (Lipinski definition) is 3. The third kappa shape index (κ3) is 2.75. The zero-order chi connectivity index (χ0) is 13.1. The Balaban J connectivity index is 2.33. The van der Waals surface area contributed by atoms with Crippen molar-refractivity contribution >= 4 is 17.3 Å². The highest BCUT2D eigenvalue weighted by Crippen LogP contribution is 2.21. The summed E-state index contributed by atoms with van der Waals surface area (Å²) in [6, 6.07) is 8.02. The highest BCUT2D eigenvalue weighted by molar-refractivity contribution is 5.63. The van der Waals surface area contributed by atoms with Crippen LogP contribution in [0, 0.1) is 20.8 Å². The lowest BCUT2D eigenvalue weighted by Gasteiger charge is -2.11. The Labute approximate surface area is 106 Å². The third-order valence-electron chi connectivity index (χ3n) is 2.64. The first-order valence-corrected chi connectivity index (χ1v) is 5.75. The molecule has 1 aromatic carbocycles. The summed E-state index contributed by atoms with van der Waals surface area (Å²) in [5.41, 5.74) is 5.93. The molecule has 0 unspecified atom stereocenters. The van der Waals surface area contributed by atoms with E-state index < -0.39 is 0 Å². The fourth-order valence-corrected chi connectivity index (χ4v) is 1.71. The monoisotopic (exact) mass is 243 g/mol. The number of nitrogen functional groups attached to an aromatic ring is 1. The van der Waals surface area contributed by atoms with Crippen molar-refractivity contribution in [2.45, 2.75) is 20.8 Å². The number of anilines is 3. The number of hydrogen-bond acceptors (Lipinski definition) is 5. The van der Waals surface area contributed by atoms with Crippen molar-refractivity contribution < 1.29 is 0 Å². The van der Waals surface area contributed by atoms with E-state index in [-0.39, 0.29) is 0 Å². The van der Waals surface area contributed by atoms with Crippen molar-refractivity contribution in [2.24, 2.45) is 5.84 Å². The van der Waals surface area contributed by atoms with Crippen LogP contribution in [0.3, 0.4) is 0 Å². The van der Waals surface area contributed by atoms with Crippen molar-refractivity contribution in [3.05, 3.63) is 41.2 Å². The molecule has 1 heterocycles. The highest BCUT2D eigenvalue weighted by Gasteiger charge is 2.03. The van der Waals surface area contributed by atoms with Crippen LogP contribution in [0.15, 0.2) is 24.3 Å². The number of hydrazine groups is 1. The van der Waals surface area contributed by atoms with Crippen LogP contribution in [0.2, 0.25) is 0 Å². The van der Waals surface area contributed by atoms with Gasteiger partial charge in [-0.15, -0.1) is 0 Å². The average molecular weight is 243 g/mol. The van der Waals surface area contributed by atoms with Crippen LogP contribution in [0.5, 0.6) is 0 Å². The summed E-state index contributed by atoms with van der Waals surface area (Å²) >= 11 is 0. The molecule has 0 bridgehead atoms. The molecule has 0 amide bonds. The van der Waals surface area contributed by atoms with Gasteiger partial charge >= 0.3 is 0 Å². The molecule has 94 valence electrons. The van der Waals surface area contributed by atoms with E-state index in [0.29, 0.717) is 11.6 Å². The second-order valence-electron chi connectivity index (χ2n) is 4.27. The van der Waals surface area contributed by atoms with E-state index in [2.05, 4.69) is 52.8 Å². The topological polar surface area (TPSA) is 75.9 Å². The molecule has 0 aliphatic heterocycles. The lowest BCUT2D eigenvalue weighted by atomic mass is 10.1. The van der Waals surface area contributed by atoms with Crippen LogP contribution in [0.4, 0.5) is 17.3 Å². The molecular weight excluding hydrogens is 226 g/mol. The SMILES string of the molecule is Cc1ccc(C)c(Nc2cc(NN)nc(C)n2)c1.